The molecule has 0 spiro atoms. The van der Waals surface area contributed by atoms with E-state index in [0.29, 0.717) is 5.82 Å². The minimum Gasteiger partial charge on any atom is -0.488 e. The molecule has 3 aromatic carbocycles. The second-order valence-corrected chi connectivity index (χ2v) is 11.0. The molecule has 4 aromatic rings. The first-order valence-corrected chi connectivity index (χ1v) is 13.5. The van der Waals surface area contributed by atoms with E-state index in [1.807, 2.05) is 54.6 Å². The van der Waals surface area contributed by atoms with E-state index in [9.17, 15) is 17.7 Å². The van der Waals surface area contributed by atoms with Crippen molar-refractivity contribution in [2.24, 2.45) is 7.05 Å². The zero-order valence-corrected chi connectivity index (χ0v) is 22.4. The first-order valence-electron chi connectivity index (χ1n) is 12.0. The summed E-state index contributed by atoms with van der Waals surface area (Å²) in [5.41, 5.74) is 1.38. The molecule has 11 heteroatoms. The quantitative estimate of drug-likeness (QED) is 0.220. The Kier molecular flexibility index (Phi) is 8.04. The number of phosphoric acid groups is 1. The van der Waals surface area contributed by atoms with Crippen LogP contribution >= 0.6 is 7.82 Å². The van der Waals surface area contributed by atoms with Crippen LogP contribution in [0.1, 0.15) is 30.8 Å². The van der Waals surface area contributed by atoms with Crippen LogP contribution in [0.25, 0.3) is 22.4 Å². The van der Waals surface area contributed by atoms with Gasteiger partial charge in [0.1, 0.15) is 18.2 Å². The van der Waals surface area contributed by atoms with E-state index < -0.39 is 25.0 Å². The van der Waals surface area contributed by atoms with Crippen molar-refractivity contribution < 1.29 is 36.8 Å². The second kappa shape index (κ2) is 11.0. The van der Waals surface area contributed by atoms with Crippen molar-refractivity contribution in [3.63, 3.8) is 0 Å². The molecule has 0 aliphatic heterocycles. The third-order valence-corrected chi connectivity index (χ3v) is 6.58. The number of phosphoric ester groups is 1. The van der Waals surface area contributed by atoms with Crippen molar-refractivity contribution in [2.45, 2.75) is 32.0 Å². The fourth-order valence-electron chi connectivity index (χ4n) is 4.17. The standard InChI is InChI=1S/C28H28F3N2O5P/c1-27(2,18-38-39(34,35)36)26-32-24(16-33(26)3)22-13-14-25(23(15-22)28(29,30)31)37-17-19-9-11-21(12-10-19)20-7-5-4-6-8-20/h4-16H,17-18H2,1-3H3,(H2,34,35,36). The molecule has 0 bridgehead atoms. The largest absolute Gasteiger partial charge is 0.488 e. The molecule has 206 valence electrons. The van der Waals surface area contributed by atoms with Crippen molar-refractivity contribution in [3.05, 3.63) is 95.9 Å². The molecule has 7 nitrogen and oxygen atoms in total. The lowest BCUT2D eigenvalue weighted by atomic mass is 9.94. The van der Waals surface area contributed by atoms with Crippen LogP contribution in [0.15, 0.2) is 79.0 Å². The van der Waals surface area contributed by atoms with Crippen LogP contribution in [0.4, 0.5) is 13.2 Å². The SMILES string of the molecule is Cn1cc(-c2ccc(OCc3ccc(-c4ccccc4)cc3)c(C(F)(F)F)c2)nc1C(C)(C)COP(=O)(O)O. The molecule has 0 radical (unpaired) electrons. The molecule has 1 heterocycles. The normalized spacial score (nSPS) is 12.5. The van der Waals surface area contributed by atoms with E-state index >= 15 is 0 Å². The third-order valence-electron chi connectivity index (χ3n) is 6.11. The number of benzene rings is 3. The zero-order chi connectivity index (χ0) is 28.4. The van der Waals surface area contributed by atoms with Crippen LogP contribution < -0.4 is 4.74 Å². The lowest BCUT2D eigenvalue weighted by molar-refractivity contribution is -0.139. The van der Waals surface area contributed by atoms with E-state index in [0.717, 1.165) is 22.8 Å². The Morgan fingerprint density at radius 3 is 2.15 bits per heavy atom. The molecule has 0 unspecified atom stereocenters. The molecule has 0 saturated heterocycles. The number of nitrogens with zero attached hydrogens (tertiary/aromatic N) is 2. The summed E-state index contributed by atoms with van der Waals surface area (Å²) in [6.45, 7) is 2.95. The van der Waals surface area contributed by atoms with Crippen LogP contribution in [-0.2, 0) is 34.3 Å². The smallest absolute Gasteiger partial charge is 0.469 e. The number of rotatable bonds is 9. The molecule has 0 saturated carbocycles. The maximum absolute atomic E-state index is 14.0. The highest BCUT2D eigenvalue weighted by Gasteiger charge is 2.35. The Hall–Kier alpha value is -3.43. The van der Waals surface area contributed by atoms with Crippen molar-refractivity contribution in [1.82, 2.24) is 9.55 Å². The monoisotopic (exact) mass is 560 g/mol. The van der Waals surface area contributed by atoms with Crippen molar-refractivity contribution in [2.75, 3.05) is 6.61 Å². The van der Waals surface area contributed by atoms with Gasteiger partial charge in [0, 0.05) is 24.2 Å². The molecule has 4 rings (SSSR count). The van der Waals surface area contributed by atoms with Gasteiger partial charge < -0.3 is 19.1 Å². The van der Waals surface area contributed by atoms with E-state index in [4.69, 9.17) is 14.5 Å². The molecule has 0 atom stereocenters. The Balaban J connectivity index is 1.55. The Bertz CT molecular complexity index is 1480. The summed E-state index contributed by atoms with van der Waals surface area (Å²) in [4.78, 5) is 22.5. The van der Waals surface area contributed by atoms with Gasteiger partial charge in [-0.1, -0.05) is 68.4 Å². The van der Waals surface area contributed by atoms with Gasteiger partial charge in [0.25, 0.3) is 0 Å². The highest BCUT2D eigenvalue weighted by atomic mass is 31.2. The van der Waals surface area contributed by atoms with Gasteiger partial charge in [-0.15, -0.1) is 0 Å². The predicted molar refractivity (Wildman–Crippen MR) is 141 cm³/mol. The minimum atomic E-state index is -4.70. The fourth-order valence-corrected chi connectivity index (χ4v) is 4.66. The van der Waals surface area contributed by atoms with Crippen LogP contribution in [0, 0.1) is 0 Å². The highest BCUT2D eigenvalue weighted by Crippen LogP contribution is 2.41. The third kappa shape index (κ3) is 7.16. The first-order chi connectivity index (χ1) is 18.2. The number of aromatic nitrogens is 2. The summed E-state index contributed by atoms with van der Waals surface area (Å²) >= 11 is 0. The molecular formula is C28H28F3N2O5P. The molecule has 1 aromatic heterocycles. The van der Waals surface area contributed by atoms with E-state index in [1.54, 1.807) is 31.7 Å². The Morgan fingerprint density at radius 1 is 0.923 bits per heavy atom. The van der Waals surface area contributed by atoms with E-state index in [1.165, 1.54) is 12.1 Å². The van der Waals surface area contributed by atoms with Gasteiger partial charge in [0.05, 0.1) is 17.9 Å². The van der Waals surface area contributed by atoms with Gasteiger partial charge >= 0.3 is 14.0 Å². The second-order valence-electron chi connectivity index (χ2n) is 9.77. The van der Waals surface area contributed by atoms with Crippen LogP contribution in [-0.4, -0.2) is 25.9 Å². The van der Waals surface area contributed by atoms with Crippen molar-refractivity contribution in [3.8, 4) is 28.1 Å². The number of hydrogen-bond donors (Lipinski definition) is 2. The van der Waals surface area contributed by atoms with E-state index in [2.05, 4.69) is 9.51 Å². The summed E-state index contributed by atoms with van der Waals surface area (Å²) in [7, 11) is -3.05. The molecule has 0 fully saturated rings. The van der Waals surface area contributed by atoms with Crippen LogP contribution in [0.3, 0.4) is 0 Å². The first kappa shape index (κ1) is 28.6. The maximum atomic E-state index is 14.0. The number of halogens is 3. The number of imidazole rings is 1. The lowest BCUT2D eigenvalue weighted by Crippen LogP contribution is -2.27. The van der Waals surface area contributed by atoms with E-state index in [-0.39, 0.29) is 30.2 Å². The van der Waals surface area contributed by atoms with Gasteiger partial charge in [0.15, 0.2) is 0 Å². The molecule has 0 amide bonds. The average Bonchev–Trinajstić information content (AvgIpc) is 3.29. The number of aryl methyl sites for hydroxylation is 1. The molecule has 0 aliphatic carbocycles. The number of ether oxygens (including phenoxy) is 1. The maximum Gasteiger partial charge on any atom is 0.469 e. The predicted octanol–water partition coefficient (Wildman–Crippen LogP) is 6.74. The molecule has 0 aliphatic rings. The summed E-state index contributed by atoms with van der Waals surface area (Å²) in [6, 6.07) is 20.9. The van der Waals surface area contributed by atoms with Gasteiger partial charge in [-0.25, -0.2) is 9.55 Å². The summed E-state index contributed by atoms with van der Waals surface area (Å²) in [5.74, 6) is 0.0868. The Labute approximate surface area is 224 Å². The number of alkyl halides is 3. The molecular weight excluding hydrogens is 532 g/mol. The van der Waals surface area contributed by atoms with Crippen LogP contribution in [0.2, 0.25) is 0 Å². The molecule has 2 N–H and O–H groups in total. The lowest BCUT2D eigenvalue weighted by Gasteiger charge is -2.23. The average molecular weight is 561 g/mol. The van der Waals surface area contributed by atoms with Gasteiger partial charge in [-0.3, -0.25) is 4.52 Å². The van der Waals surface area contributed by atoms with Gasteiger partial charge in [-0.2, -0.15) is 13.2 Å². The van der Waals surface area contributed by atoms with Crippen molar-refractivity contribution >= 4 is 7.82 Å². The topological polar surface area (TPSA) is 93.8 Å². The fraction of sp³-hybridized carbons (Fsp3) is 0.250. The highest BCUT2D eigenvalue weighted by molar-refractivity contribution is 7.46. The molecule has 39 heavy (non-hydrogen) atoms. The summed E-state index contributed by atoms with van der Waals surface area (Å²) in [5, 5.41) is 0. The van der Waals surface area contributed by atoms with Crippen molar-refractivity contribution in [1.29, 1.82) is 0 Å². The summed E-state index contributed by atoms with van der Waals surface area (Å²) in [6.07, 6.45) is -3.12. The van der Waals surface area contributed by atoms with Gasteiger partial charge in [-0.05, 0) is 34.9 Å². The van der Waals surface area contributed by atoms with Crippen LogP contribution in [0.5, 0.6) is 5.75 Å². The number of hydrogen-bond acceptors (Lipinski definition) is 4. The summed E-state index contributed by atoms with van der Waals surface area (Å²) < 4.78 is 65.0. The zero-order valence-electron chi connectivity index (χ0n) is 21.5. The minimum absolute atomic E-state index is 0.0427. The van der Waals surface area contributed by atoms with Gasteiger partial charge in [0.2, 0.25) is 0 Å². The Morgan fingerprint density at radius 2 is 1.54 bits per heavy atom.